The van der Waals surface area contributed by atoms with Crippen molar-refractivity contribution >= 4 is 11.6 Å². The van der Waals surface area contributed by atoms with Crippen LogP contribution in [-0.2, 0) is 0 Å². The van der Waals surface area contributed by atoms with Crippen molar-refractivity contribution in [3.63, 3.8) is 0 Å². The van der Waals surface area contributed by atoms with Crippen LogP contribution in [0.3, 0.4) is 0 Å². The van der Waals surface area contributed by atoms with Crippen molar-refractivity contribution in [2.75, 3.05) is 25.4 Å². The second-order valence-corrected chi connectivity index (χ2v) is 6.10. The molecule has 5 heteroatoms. The molecule has 2 heterocycles. The highest BCUT2D eigenvalue weighted by Crippen LogP contribution is 2.37. The molecule has 1 amide bonds. The van der Waals surface area contributed by atoms with Crippen molar-refractivity contribution in [2.24, 2.45) is 0 Å². The first-order chi connectivity index (χ1) is 9.65. The van der Waals surface area contributed by atoms with Crippen molar-refractivity contribution in [3.05, 3.63) is 18.0 Å². The molecule has 0 spiro atoms. The van der Waals surface area contributed by atoms with Crippen LogP contribution in [0, 0.1) is 0 Å². The van der Waals surface area contributed by atoms with Gasteiger partial charge in [0.05, 0.1) is 5.69 Å². The second-order valence-electron chi connectivity index (χ2n) is 6.10. The number of anilines is 1. The van der Waals surface area contributed by atoms with E-state index in [0.29, 0.717) is 30.0 Å². The minimum atomic E-state index is -0.000327. The number of amides is 1. The van der Waals surface area contributed by atoms with Gasteiger partial charge in [0.2, 0.25) is 0 Å². The molecule has 1 aliphatic heterocycles. The van der Waals surface area contributed by atoms with Crippen molar-refractivity contribution in [1.29, 1.82) is 0 Å². The quantitative estimate of drug-likeness (QED) is 0.859. The molecule has 110 valence electrons. The predicted octanol–water partition coefficient (Wildman–Crippen LogP) is 1.62. The normalized spacial score (nSPS) is 21.1. The van der Waals surface area contributed by atoms with Crippen LogP contribution < -0.4 is 11.1 Å². The molecule has 0 aromatic carbocycles. The van der Waals surface area contributed by atoms with Gasteiger partial charge in [-0.2, -0.15) is 0 Å². The van der Waals surface area contributed by atoms with E-state index in [0.717, 1.165) is 25.9 Å². The molecule has 1 atom stereocenters. The SMILES string of the molecule is CC(CNC(=O)c1cc(N)cn1C1CC1)N1CCCC1. The Balaban J connectivity index is 1.58. The van der Waals surface area contributed by atoms with Crippen molar-refractivity contribution in [2.45, 2.75) is 44.7 Å². The molecule has 1 saturated carbocycles. The van der Waals surface area contributed by atoms with Crippen LogP contribution in [0.1, 0.15) is 49.1 Å². The lowest BCUT2D eigenvalue weighted by molar-refractivity contribution is 0.0931. The van der Waals surface area contributed by atoms with Crippen LogP contribution in [-0.4, -0.2) is 41.1 Å². The summed E-state index contributed by atoms with van der Waals surface area (Å²) in [7, 11) is 0. The van der Waals surface area contributed by atoms with E-state index in [1.807, 2.05) is 10.8 Å². The van der Waals surface area contributed by atoms with Crippen LogP contribution in [0.15, 0.2) is 12.3 Å². The molecule has 1 saturated heterocycles. The van der Waals surface area contributed by atoms with Crippen LogP contribution in [0.4, 0.5) is 5.69 Å². The van der Waals surface area contributed by atoms with Crippen molar-refractivity contribution in [3.8, 4) is 0 Å². The summed E-state index contributed by atoms with van der Waals surface area (Å²) in [6, 6.07) is 2.67. The summed E-state index contributed by atoms with van der Waals surface area (Å²) in [6.45, 7) is 5.19. The van der Waals surface area contributed by atoms with E-state index >= 15 is 0 Å². The van der Waals surface area contributed by atoms with Gasteiger partial charge in [0.15, 0.2) is 0 Å². The van der Waals surface area contributed by atoms with E-state index in [4.69, 9.17) is 5.73 Å². The summed E-state index contributed by atoms with van der Waals surface area (Å²) in [6.07, 6.45) is 6.74. The standard InChI is InChI=1S/C15H24N4O/c1-11(18-6-2-3-7-18)9-17-15(20)14-8-12(16)10-19(14)13-4-5-13/h8,10-11,13H,2-7,9,16H2,1H3,(H,17,20). The fraction of sp³-hybridized carbons (Fsp3) is 0.667. The molecule has 20 heavy (non-hydrogen) atoms. The zero-order valence-electron chi connectivity index (χ0n) is 12.1. The van der Waals surface area contributed by atoms with E-state index < -0.39 is 0 Å². The first-order valence-corrected chi connectivity index (χ1v) is 7.65. The topological polar surface area (TPSA) is 63.3 Å². The van der Waals surface area contributed by atoms with Crippen molar-refractivity contribution < 1.29 is 4.79 Å². The Kier molecular flexibility index (Phi) is 3.70. The molecule has 2 aliphatic rings. The molecule has 1 aromatic rings. The molecule has 3 rings (SSSR count). The van der Waals surface area contributed by atoms with Gasteiger partial charge in [0.25, 0.3) is 5.91 Å². The van der Waals surface area contributed by atoms with Crippen LogP contribution in [0.5, 0.6) is 0 Å². The van der Waals surface area contributed by atoms with Crippen LogP contribution >= 0.6 is 0 Å². The zero-order chi connectivity index (χ0) is 14.1. The Morgan fingerprint density at radius 3 is 2.80 bits per heavy atom. The van der Waals surface area contributed by atoms with Gasteiger partial charge in [-0.1, -0.05) is 0 Å². The number of nitrogens with one attached hydrogen (secondary N) is 1. The van der Waals surface area contributed by atoms with Gasteiger partial charge in [-0.25, -0.2) is 0 Å². The largest absolute Gasteiger partial charge is 0.397 e. The Hall–Kier alpha value is -1.49. The van der Waals surface area contributed by atoms with Gasteiger partial charge >= 0.3 is 0 Å². The number of nitrogen functional groups attached to an aromatic ring is 1. The summed E-state index contributed by atoms with van der Waals surface area (Å²) in [5.41, 5.74) is 7.21. The molecule has 0 radical (unpaired) electrons. The molecular weight excluding hydrogens is 252 g/mol. The summed E-state index contributed by atoms with van der Waals surface area (Å²) >= 11 is 0. The van der Waals surface area contributed by atoms with E-state index in [2.05, 4.69) is 17.1 Å². The molecule has 2 fully saturated rings. The summed E-state index contributed by atoms with van der Waals surface area (Å²) in [5.74, 6) is -0.000327. The number of rotatable bonds is 5. The van der Waals surface area contributed by atoms with Gasteiger partial charge in [0, 0.05) is 24.8 Å². The molecular formula is C15H24N4O. The number of hydrogen-bond donors (Lipinski definition) is 2. The van der Waals surface area contributed by atoms with Gasteiger partial charge in [-0.15, -0.1) is 0 Å². The molecule has 5 nitrogen and oxygen atoms in total. The van der Waals surface area contributed by atoms with E-state index in [-0.39, 0.29) is 5.91 Å². The first-order valence-electron chi connectivity index (χ1n) is 7.65. The summed E-state index contributed by atoms with van der Waals surface area (Å²) in [5, 5.41) is 3.06. The third kappa shape index (κ3) is 2.82. The minimum Gasteiger partial charge on any atom is -0.397 e. The van der Waals surface area contributed by atoms with Gasteiger partial charge < -0.3 is 15.6 Å². The smallest absolute Gasteiger partial charge is 0.268 e. The average molecular weight is 276 g/mol. The monoisotopic (exact) mass is 276 g/mol. The Bertz CT molecular complexity index is 486. The summed E-state index contributed by atoms with van der Waals surface area (Å²) in [4.78, 5) is 14.8. The number of nitrogens with zero attached hydrogens (tertiary/aromatic N) is 2. The third-order valence-corrected chi connectivity index (χ3v) is 4.36. The number of carbonyl (C=O) groups is 1. The van der Waals surface area contributed by atoms with E-state index in [1.165, 1.54) is 12.8 Å². The molecule has 1 aliphatic carbocycles. The summed E-state index contributed by atoms with van der Waals surface area (Å²) < 4.78 is 2.03. The fourth-order valence-electron chi connectivity index (χ4n) is 2.98. The fourth-order valence-corrected chi connectivity index (χ4v) is 2.98. The minimum absolute atomic E-state index is 0.000327. The Morgan fingerprint density at radius 2 is 2.15 bits per heavy atom. The highest BCUT2D eigenvalue weighted by atomic mass is 16.1. The lowest BCUT2D eigenvalue weighted by Crippen LogP contribution is -2.41. The number of likely N-dealkylation sites (tertiary alicyclic amines) is 1. The third-order valence-electron chi connectivity index (χ3n) is 4.36. The zero-order valence-corrected chi connectivity index (χ0v) is 12.1. The van der Waals surface area contributed by atoms with Crippen LogP contribution in [0.2, 0.25) is 0 Å². The average Bonchev–Trinajstić information content (AvgIpc) is 2.98. The highest BCUT2D eigenvalue weighted by molar-refractivity contribution is 5.93. The van der Waals surface area contributed by atoms with Gasteiger partial charge in [-0.05, 0) is 51.8 Å². The predicted molar refractivity (Wildman–Crippen MR) is 79.7 cm³/mol. The van der Waals surface area contributed by atoms with Crippen LogP contribution in [0.25, 0.3) is 0 Å². The number of hydrogen-bond acceptors (Lipinski definition) is 3. The van der Waals surface area contributed by atoms with E-state index in [9.17, 15) is 4.79 Å². The Labute approximate surface area is 120 Å². The maximum Gasteiger partial charge on any atom is 0.268 e. The Morgan fingerprint density at radius 1 is 1.45 bits per heavy atom. The number of nitrogens with two attached hydrogens (primary N) is 1. The maximum absolute atomic E-state index is 12.3. The molecule has 0 bridgehead atoms. The molecule has 1 aromatic heterocycles. The molecule has 3 N–H and O–H groups in total. The first kappa shape index (κ1) is 13.5. The van der Waals surface area contributed by atoms with Gasteiger partial charge in [0.1, 0.15) is 5.69 Å². The van der Waals surface area contributed by atoms with Crippen molar-refractivity contribution in [1.82, 2.24) is 14.8 Å². The number of carbonyl (C=O) groups excluding carboxylic acids is 1. The lowest BCUT2D eigenvalue weighted by atomic mass is 10.3. The lowest BCUT2D eigenvalue weighted by Gasteiger charge is -2.23. The highest BCUT2D eigenvalue weighted by Gasteiger charge is 2.28. The second kappa shape index (κ2) is 5.48. The van der Waals surface area contributed by atoms with E-state index in [1.54, 1.807) is 6.07 Å². The van der Waals surface area contributed by atoms with Gasteiger partial charge in [-0.3, -0.25) is 9.69 Å². The number of aromatic nitrogens is 1. The maximum atomic E-state index is 12.3. The molecule has 1 unspecified atom stereocenters.